The Morgan fingerprint density at radius 3 is 2.12 bits per heavy atom. The molecular formula is C24H30O2. The second kappa shape index (κ2) is 9.70. The van der Waals surface area contributed by atoms with Crippen LogP contribution in [0.1, 0.15) is 50.5 Å². The van der Waals surface area contributed by atoms with E-state index >= 15 is 0 Å². The van der Waals surface area contributed by atoms with Gasteiger partial charge in [0.15, 0.2) is 0 Å². The molecule has 0 spiro atoms. The van der Waals surface area contributed by atoms with Gasteiger partial charge in [-0.25, -0.2) is 0 Å². The molecule has 0 aromatic heterocycles. The Kier molecular flexibility index (Phi) is 7.04. The molecule has 2 N–H and O–H groups in total. The van der Waals surface area contributed by atoms with Gasteiger partial charge in [-0.3, -0.25) is 0 Å². The lowest BCUT2D eigenvalue weighted by atomic mass is 9.96. The lowest BCUT2D eigenvalue weighted by Crippen LogP contribution is -2.10. The summed E-state index contributed by atoms with van der Waals surface area (Å²) in [4.78, 5) is 0. The Balaban J connectivity index is 1.49. The van der Waals surface area contributed by atoms with Crippen LogP contribution in [0.5, 0.6) is 0 Å². The fourth-order valence-corrected chi connectivity index (χ4v) is 3.74. The summed E-state index contributed by atoms with van der Waals surface area (Å²) in [5.41, 5.74) is 1.46. The zero-order valence-electron chi connectivity index (χ0n) is 15.5. The zero-order valence-corrected chi connectivity index (χ0v) is 15.5. The molecule has 3 aromatic rings. The van der Waals surface area contributed by atoms with E-state index < -0.39 is 6.10 Å². The maximum Gasteiger partial charge on any atom is 0.0770 e. The molecule has 0 heterocycles. The van der Waals surface area contributed by atoms with Crippen molar-refractivity contribution in [1.82, 2.24) is 0 Å². The summed E-state index contributed by atoms with van der Waals surface area (Å²) in [6, 6.07) is 19.9. The van der Waals surface area contributed by atoms with Crippen molar-refractivity contribution in [2.24, 2.45) is 0 Å². The van der Waals surface area contributed by atoms with E-state index in [1.807, 2.05) is 0 Å². The van der Waals surface area contributed by atoms with Gasteiger partial charge in [-0.15, -0.1) is 0 Å². The third kappa shape index (κ3) is 5.06. The van der Waals surface area contributed by atoms with Gasteiger partial charge < -0.3 is 10.2 Å². The number of benzene rings is 3. The summed E-state index contributed by atoms with van der Waals surface area (Å²) in [6.45, 7) is -0.111. The minimum atomic E-state index is -0.530. The predicted molar refractivity (Wildman–Crippen MR) is 111 cm³/mol. The molecule has 1 atom stereocenters. The van der Waals surface area contributed by atoms with Gasteiger partial charge >= 0.3 is 0 Å². The van der Waals surface area contributed by atoms with Gasteiger partial charge in [0.05, 0.1) is 12.7 Å². The van der Waals surface area contributed by atoms with Gasteiger partial charge in [0, 0.05) is 0 Å². The first-order valence-corrected chi connectivity index (χ1v) is 9.97. The number of rotatable bonds is 10. The second-order valence-corrected chi connectivity index (χ2v) is 7.33. The number of hydrogen-bond acceptors (Lipinski definition) is 2. The van der Waals surface area contributed by atoms with Gasteiger partial charge in [-0.2, -0.15) is 0 Å². The number of aryl methyl sites for hydroxylation is 1. The first-order valence-electron chi connectivity index (χ1n) is 9.97. The van der Waals surface area contributed by atoms with Crippen LogP contribution < -0.4 is 0 Å². The van der Waals surface area contributed by atoms with Gasteiger partial charge in [0.2, 0.25) is 0 Å². The van der Waals surface area contributed by atoms with Crippen LogP contribution in [0, 0.1) is 0 Å². The Bertz CT molecular complexity index is 825. The molecule has 0 fully saturated rings. The van der Waals surface area contributed by atoms with Crippen LogP contribution in [-0.2, 0) is 6.42 Å². The first-order chi connectivity index (χ1) is 12.8. The molecule has 26 heavy (non-hydrogen) atoms. The third-order valence-electron chi connectivity index (χ3n) is 5.28. The topological polar surface area (TPSA) is 40.5 Å². The molecule has 0 saturated heterocycles. The van der Waals surface area contributed by atoms with E-state index in [-0.39, 0.29) is 6.61 Å². The lowest BCUT2D eigenvalue weighted by molar-refractivity contribution is 0.0860. The number of hydrogen-bond donors (Lipinski definition) is 2. The summed E-state index contributed by atoms with van der Waals surface area (Å²) in [6.07, 6.45) is 8.45. The number of unbranched alkanes of at least 4 members (excludes halogenated alkanes) is 5. The van der Waals surface area contributed by atoms with Crippen LogP contribution >= 0.6 is 0 Å². The normalized spacial score (nSPS) is 12.7. The predicted octanol–water partition coefficient (Wildman–Crippen LogP) is 5.62. The SMILES string of the molecule is OCC(O)CCCCCCCCc1cccc2cc3ccccc3cc12. The molecular weight excluding hydrogens is 320 g/mol. The molecule has 3 rings (SSSR count). The van der Waals surface area contributed by atoms with Crippen molar-refractivity contribution in [3.8, 4) is 0 Å². The monoisotopic (exact) mass is 350 g/mol. The second-order valence-electron chi connectivity index (χ2n) is 7.33. The van der Waals surface area contributed by atoms with E-state index in [0.29, 0.717) is 0 Å². The number of aliphatic hydroxyl groups excluding tert-OH is 2. The van der Waals surface area contributed by atoms with Gasteiger partial charge in [0.25, 0.3) is 0 Å². The molecule has 1 unspecified atom stereocenters. The molecule has 0 bridgehead atoms. The summed E-state index contributed by atoms with van der Waals surface area (Å²) in [5, 5.41) is 23.5. The Morgan fingerprint density at radius 2 is 1.35 bits per heavy atom. The van der Waals surface area contributed by atoms with Crippen LogP contribution in [0.25, 0.3) is 21.5 Å². The molecule has 0 aliphatic heterocycles. The fourth-order valence-electron chi connectivity index (χ4n) is 3.74. The third-order valence-corrected chi connectivity index (χ3v) is 5.28. The minimum absolute atomic E-state index is 0.111. The highest BCUT2D eigenvalue weighted by molar-refractivity contribution is 5.99. The van der Waals surface area contributed by atoms with Crippen molar-refractivity contribution in [2.45, 2.75) is 57.5 Å². The van der Waals surface area contributed by atoms with Gasteiger partial charge in [-0.1, -0.05) is 74.6 Å². The van der Waals surface area contributed by atoms with Crippen molar-refractivity contribution in [3.63, 3.8) is 0 Å². The van der Waals surface area contributed by atoms with E-state index in [1.54, 1.807) is 0 Å². The molecule has 0 aliphatic rings. The van der Waals surface area contributed by atoms with Crippen LogP contribution in [0.3, 0.4) is 0 Å². The van der Waals surface area contributed by atoms with Crippen LogP contribution in [0.4, 0.5) is 0 Å². The van der Waals surface area contributed by atoms with E-state index in [9.17, 15) is 5.11 Å². The van der Waals surface area contributed by atoms with E-state index in [1.165, 1.54) is 52.8 Å². The van der Waals surface area contributed by atoms with Crippen LogP contribution in [0.15, 0.2) is 54.6 Å². The average Bonchev–Trinajstić information content (AvgIpc) is 2.68. The maximum absolute atomic E-state index is 9.33. The molecule has 0 saturated carbocycles. The molecule has 0 radical (unpaired) electrons. The fraction of sp³-hybridized carbons (Fsp3) is 0.417. The largest absolute Gasteiger partial charge is 0.394 e. The molecule has 0 amide bonds. The van der Waals surface area contributed by atoms with Crippen LogP contribution in [-0.4, -0.2) is 22.9 Å². The van der Waals surface area contributed by atoms with Crippen molar-refractivity contribution in [2.75, 3.05) is 6.61 Å². The average molecular weight is 351 g/mol. The minimum Gasteiger partial charge on any atom is -0.394 e. The first kappa shape index (κ1) is 18.9. The number of aliphatic hydroxyl groups is 2. The van der Waals surface area contributed by atoms with Gasteiger partial charge in [0.1, 0.15) is 0 Å². The van der Waals surface area contributed by atoms with Crippen molar-refractivity contribution >= 4 is 21.5 Å². The Morgan fingerprint density at radius 1 is 0.692 bits per heavy atom. The quantitative estimate of drug-likeness (QED) is 0.368. The highest BCUT2D eigenvalue weighted by Crippen LogP contribution is 2.26. The van der Waals surface area contributed by atoms with E-state index in [0.717, 1.165) is 25.7 Å². The summed E-state index contributed by atoms with van der Waals surface area (Å²) in [5.74, 6) is 0. The highest BCUT2D eigenvalue weighted by Gasteiger charge is 2.04. The highest BCUT2D eigenvalue weighted by atomic mass is 16.3. The summed E-state index contributed by atoms with van der Waals surface area (Å²) in [7, 11) is 0. The van der Waals surface area contributed by atoms with Crippen molar-refractivity contribution in [1.29, 1.82) is 0 Å². The van der Waals surface area contributed by atoms with E-state index in [2.05, 4.69) is 54.6 Å². The molecule has 0 aliphatic carbocycles. The zero-order chi connectivity index (χ0) is 18.2. The molecule has 2 heteroatoms. The van der Waals surface area contributed by atoms with Gasteiger partial charge in [-0.05, 0) is 58.5 Å². The molecule has 138 valence electrons. The van der Waals surface area contributed by atoms with Crippen LogP contribution in [0.2, 0.25) is 0 Å². The number of fused-ring (bicyclic) bond motifs is 2. The summed E-state index contributed by atoms with van der Waals surface area (Å²) >= 11 is 0. The lowest BCUT2D eigenvalue weighted by Gasteiger charge is -2.09. The van der Waals surface area contributed by atoms with Crippen molar-refractivity contribution in [3.05, 3.63) is 60.2 Å². The van der Waals surface area contributed by atoms with Crippen molar-refractivity contribution < 1.29 is 10.2 Å². The maximum atomic E-state index is 9.33. The standard InChI is InChI=1S/C24H30O2/c25-18-23(26)15-6-4-2-1-3-5-10-19-13-9-14-22-16-20-11-7-8-12-21(20)17-24(19)22/h7-9,11-14,16-17,23,25-26H,1-6,10,15,18H2. The molecule has 2 nitrogen and oxygen atoms in total. The molecule has 3 aromatic carbocycles. The van der Waals surface area contributed by atoms with E-state index in [4.69, 9.17) is 5.11 Å². The Hall–Kier alpha value is -1.90. The Labute approximate surface area is 156 Å². The summed E-state index contributed by atoms with van der Waals surface area (Å²) < 4.78 is 0. The smallest absolute Gasteiger partial charge is 0.0770 e.